The predicted octanol–water partition coefficient (Wildman–Crippen LogP) is 3.28. The summed E-state index contributed by atoms with van der Waals surface area (Å²) in [7, 11) is 0. The molecular formula is C21H27F3N2O5. The third kappa shape index (κ3) is 9.31. The van der Waals surface area contributed by atoms with Crippen LogP contribution >= 0.6 is 0 Å². The maximum absolute atomic E-state index is 12.5. The van der Waals surface area contributed by atoms with Crippen LogP contribution in [0.5, 0.6) is 0 Å². The van der Waals surface area contributed by atoms with Gasteiger partial charge in [0.1, 0.15) is 0 Å². The highest BCUT2D eigenvalue weighted by Crippen LogP contribution is 2.14. The summed E-state index contributed by atoms with van der Waals surface area (Å²) < 4.78 is 35.6. The molecule has 172 valence electrons. The molecule has 1 heterocycles. The lowest BCUT2D eigenvalue weighted by atomic mass is 9.98. The van der Waals surface area contributed by atoms with Crippen molar-refractivity contribution < 1.29 is 42.3 Å². The number of nitrogens with zero attached hydrogens (tertiary/aromatic N) is 2. The van der Waals surface area contributed by atoms with Crippen LogP contribution in [0.4, 0.5) is 13.2 Å². The van der Waals surface area contributed by atoms with Crippen molar-refractivity contribution in [2.45, 2.75) is 53.4 Å². The molecule has 0 aliphatic rings. The molecule has 0 radical (unpaired) electrons. The van der Waals surface area contributed by atoms with Gasteiger partial charge in [-0.25, -0.2) is 4.79 Å². The van der Waals surface area contributed by atoms with Crippen LogP contribution in [0.3, 0.4) is 0 Å². The Morgan fingerprint density at radius 2 is 1.77 bits per heavy atom. The first-order valence-electron chi connectivity index (χ1n) is 9.49. The fourth-order valence-corrected chi connectivity index (χ4v) is 2.73. The molecule has 31 heavy (non-hydrogen) atoms. The van der Waals surface area contributed by atoms with Crippen LogP contribution in [0.2, 0.25) is 0 Å². The summed E-state index contributed by atoms with van der Waals surface area (Å²) in [4.78, 5) is 31.2. The van der Waals surface area contributed by atoms with E-state index in [1.807, 2.05) is 41.7 Å². The van der Waals surface area contributed by atoms with E-state index >= 15 is 0 Å². The van der Waals surface area contributed by atoms with Gasteiger partial charge in [-0.05, 0) is 50.9 Å². The Labute approximate surface area is 178 Å². The first-order valence-corrected chi connectivity index (χ1v) is 9.49. The molecule has 10 heteroatoms. The Bertz CT molecular complexity index is 858. The molecule has 1 aromatic carbocycles. The van der Waals surface area contributed by atoms with Gasteiger partial charge in [0.05, 0.1) is 12.8 Å². The van der Waals surface area contributed by atoms with Gasteiger partial charge in [-0.1, -0.05) is 18.2 Å². The van der Waals surface area contributed by atoms with Crippen LogP contribution in [0.25, 0.3) is 0 Å². The molecule has 2 aromatic rings. The van der Waals surface area contributed by atoms with Gasteiger partial charge >= 0.3 is 12.1 Å². The number of rotatable bonds is 9. The number of carboxylic acids is 1. The highest BCUT2D eigenvalue weighted by Gasteiger charge is 2.38. The average Bonchev–Trinajstić information content (AvgIpc) is 3.00. The molecule has 0 fully saturated rings. The largest absolute Gasteiger partial charge is 0.490 e. The average molecular weight is 444 g/mol. The minimum absolute atomic E-state index is 0.183. The number of aliphatic carboxylic acids is 1. The van der Waals surface area contributed by atoms with Crippen molar-refractivity contribution >= 4 is 11.8 Å². The molecule has 1 N–H and O–H groups in total. The molecule has 0 aliphatic carbocycles. The topological polar surface area (TPSA) is 81.6 Å². The highest BCUT2D eigenvalue weighted by molar-refractivity contribution is 5.80. The van der Waals surface area contributed by atoms with Crippen LogP contribution in [-0.2, 0) is 38.9 Å². The summed E-state index contributed by atoms with van der Waals surface area (Å²) in [5, 5.41) is 7.12. The summed E-state index contributed by atoms with van der Waals surface area (Å²) in [5.41, 5.74) is 4.56. The number of halogens is 3. The number of hydrogen-bond acceptors (Lipinski definition) is 4. The molecule has 2 rings (SSSR count). The van der Waals surface area contributed by atoms with E-state index in [2.05, 4.69) is 26.0 Å². The second-order valence-electron chi connectivity index (χ2n) is 6.78. The maximum Gasteiger partial charge on any atom is 0.490 e. The van der Waals surface area contributed by atoms with E-state index in [0.717, 1.165) is 11.1 Å². The summed E-state index contributed by atoms with van der Waals surface area (Å²) >= 11 is 0. The molecule has 0 amide bonds. The quantitative estimate of drug-likeness (QED) is 0.211. The van der Waals surface area contributed by atoms with E-state index in [4.69, 9.17) is 19.7 Å². The fourth-order valence-electron chi connectivity index (χ4n) is 2.73. The summed E-state index contributed by atoms with van der Waals surface area (Å²) in [6, 6.07) is 6.13. The van der Waals surface area contributed by atoms with Gasteiger partial charge in [-0.3, -0.25) is 9.68 Å². The number of alkyl halides is 3. The number of ketones is 1. The van der Waals surface area contributed by atoms with Crippen LogP contribution in [-0.4, -0.2) is 34.3 Å². The summed E-state index contributed by atoms with van der Waals surface area (Å²) in [5.74, 6) is -2.57. The van der Waals surface area contributed by atoms with E-state index in [0.29, 0.717) is 26.1 Å². The van der Waals surface area contributed by atoms with Gasteiger partial charge < -0.3 is 9.99 Å². The summed E-state index contributed by atoms with van der Waals surface area (Å²) in [6.07, 6.45) is -0.676. The first-order chi connectivity index (χ1) is 14.5. The standard InChI is InChI=1S/C19H26N2O3.C2HF3O2/c1-5-23-24-10-9-20-12-15(2)13-21(20)14-18(22)11-19-16(3)7-6-8-17(19)4;3-2(4,5)1(6)7/h6-8,10,12-13H,5,9,11,14H2,1-4H3;(H,6,7). The van der Waals surface area contributed by atoms with Crippen molar-refractivity contribution in [1.29, 1.82) is 0 Å². The number of aromatic nitrogens is 2. The lowest BCUT2D eigenvalue weighted by Gasteiger charge is -2.13. The Balaban J connectivity index is 0.000000592. The monoisotopic (exact) mass is 444 g/mol. The van der Waals surface area contributed by atoms with Crippen molar-refractivity contribution in [3.8, 4) is 0 Å². The maximum atomic E-state index is 12.5. The van der Waals surface area contributed by atoms with E-state index in [1.165, 1.54) is 11.1 Å². The molecule has 0 saturated heterocycles. The SMILES string of the molecule is CCOO[CH-]Cn1cc(C)c[n+]1CC(=O)Cc1c(C)cccc1C.O=C(O)C(F)(F)F. The molecule has 0 bridgehead atoms. The van der Waals surface area contributed by atoms with Gasteiger partial charge in [0.25, 0.3) is 0 Å². The predicted molar refractivity (Wildman–Crippen MR) is 105 cm³/mol. The Kier molecular flexibility index (Phi) is 10.4. The van der Waals surface area contributed by atoms with Gasteiger partial charge in [0, 0.05) is 12.0 Å². The summed E-state index contributed by atoms with van der Waals surface area (Å²) in [6.45, 7) is 10.9. The molecule has 0 unspecified atom stereocenters. The number of carbonyl (C=O) groups excluding carboxylic acids is 1. The number of Topliss-reactive ketones (excluding diaryl/α,β-unsaturated/α-hetero) is 1. The Morgan fingerprint density at radius 3 is 2.29 bits per heavy atom. The van der Waals surface area contributed by atoms with E-state index in [1.54, 1.807) is 6.61 Å². The number of carboxylic acid groups (broad SMARTS) is 1. The van der Waals surface area contributed by atoms with Crippen molar-refractivity contribution in [3.05, 3.63) is 59.5 Å². The minimum Gasteiger partial charge on any atom is -0.475 e. The van der Waals surface area contributed by atoms with Crippen LogP contribution in [0, 0.1) is 27.4 Å². The zero-order valence-electron chi connectivity index (χ0n) is 17.9. The second-order valence-corrected chi connectivity index (χ2v) is 6.78. The van der Waals surface area contributed by atoms with E-state index in [-0.39, 0.29) is 5.78 Å². The van der Waals surface area contributed by atoms with Crippen LogP contribution in [0.1, 0.15) is 29.2 Å². The zero-order valence-corrected chi connectivity index (χ0v) is 17.9. The molecule has 0 spiro atoms. The van der Waals surface area contributed by atoms with E-state index < -0.39 is 12.1 Å². The van der Waals surface area contributed by atoms with Gasteiger partial charge in [-0.15, -0.1) is 11.3 Å². The van der Waals surface area contributed by atoms with Crippen molar-refractivity contribution in [3.63, 3.8) is 0 Å². The smallest absolute Gasteiger partial charge is 0.475 e. The van der Waals surface area contributed by atoms with Crippen molar-refractivity contribution in [2.24, 2.45) is 0 Å². The Hall–Kier alpha value is -2.72. The number of hydrogen-bond donors (Lipinski definition) is 1. The molecular weight excluding hydrogens is 417 g/mol. The molecule has 0 atom stereocenters. The van der Waals surface area contributed by atoms with Gasteiger partial charge in [0.2, 0.25) is 12.3 Å². The normalized spacial score (nSPS) is 11.1. The highest BCUT2D eigenvalue weighted by atomic mass is 19.4. The fraction of sp³-hybridized carbons (Fsp3) is 0.429. The minimum atomic E-state index is -5.08. The lowest BCUT2D eigenvalue weighted by molar-refractivity contribution is -0.764. The number of aryl methyl sites for hydroxylation is 3. The molecule has 0 saturated carbocycles. The zero-order chi connectivity index (χ0) is 23.6. The lowest BCUT2D eigenvalue weighted by Crippen LogP contribution is -2.46. The van der Waals surface area contributed by atoms with Crippen LogP contribution in [0.15, 0.2) is 30.6 Å². The first kappa shape index (κ1) is 26.3. The molecule has 0 aliphatic heterocycles. The third-order valence-corrected chi connectivity index (χ3v) is 4.15. The van der Waals surface area contributed by atoms with Crippen LogP contribution < -0.4 is 4.68 Å². The molecule has 7 nitrogen and oxygen atoms in total. The molecule has 1 aromatic heterocycles. The van der Waals surface area contributed by atoms with Crippen molar-refractivity contribution in [2.75, 3.05) is 6.61 Å². The number of carbonyl (C=O) groups is 2. The van der Waals surface area contributed by atoms with Crippen molar-refractivity contribution in [1.82, 2.24) is 4.68 Å². The second kappa shape index (κ2) is 12.2. The Morgan fingerprint density at radius 1 is 1.19 bits per heavy atom. The van der Waals surface area contributed by atoms with Gasteiger partial charge in [0.15, 0.2) is 6.20 Å². The van der Waals surface area contributed by atoms with E-state index in [9.17, 15) is 18.0 Å². The van der Waals surface area contributed by atoms with Gasteiger partial charge in [-0.2, -0.15) is 17.9 Å². The number of benzene rings is 1. The third-order valence-electron chi connectivity index (χ3n) is 4.15.